The summed E-state index contributed by atoms with van der Waals surface area (Å²) in [6, 6.07) is 11.4. The maximum absolute atomic E-state index is 10.6. The van der Waals surface area contributed by atoms with Gasteiger partial charge in [0, 0.05) is 12.6 Å². The zero-order valence-electron chi connectivity index (χ0n) is 16.9. The minimum Gasteiger partial charge on any atom is -0.506 e. The van der Waals surface area contributed by atoms with Gasteiger partial charge in [-0.1, -0.05) is 18.2 Å². The number of aliphatic hydroxyl groups is 1. The van der Waals surface area contributed by atoms with Gasteiger partial charge in [-0.3, -0.25) is 4.79 Å². The predicted molar refractivity (Wildman–Crippen MR) is 96.9 cm³/mol. The van der Waals surface area contributed by atoms with Crippen LogP contribution in [0.25, 0.3) is 0 Å². The molecule has 134 valence electrons. The number of amides is 1. The van der Waals surface area contributed by atoms with E-state index < -0.39 is 13.1 Å². The molecule has 0 heterocycles. The van der Waals surface area contributed by atoms with Gasteiger partial charge in [0.2, 0.25) is 6.41 Å². The van der Waals surface area contributed by atoms with Crippen LogP contribution in [0.4, 0.5) is 5.69 Å². The molecule has 0 saturated heterocycles. The van der Waals surface area contributed by atoms with E-state index in [9.17, 15) is 15.0 Å². The predicted octanol–water partition coefficient (Wildman–Crippen LogP) is 2.22. The van der Waals surface area contributed by atoms with Crippen LogP contribution >= 0.6 is 0 Å². The Hall–Kier alpha value is -2.57. The fourth-order valence-corrected chi connectivity index (χ4v) is 2.49. The minimum absolute atomic E-state index is 0.0497. The molecule has 0 aliphatic heterocycles. The van der Waals surface area contributed by atoms with Crippen LogP contribution in [0, 0.1) is 0 Å². The fourth-order valence-electron chi connectivity index (χ4n) is 2.49. The monoisotopic (exact) mass is 347 g/mol. The molecule has 0 aliphatic rings. The maximum atomic E-state index is 10.6. The van der Waals surface area contributed by atoms with Crippen LogP contribution in [0.3, 0.4) is 0 Å². The standard InChI is InChI=1S/C19H24N2O4/c1-13(9-14-3-6-16(25-2)7-4-14)20-11-19(24)15-5-8-18(23)17(10-15)21-12-22/h3-8,10,12-13,19-20,23-24H,9,11H2,1-2H3,(H,21,22)/t13-,19+/m1/s1/i2D3. The molecule has 0 radical (unpaired) electrons. The fraction of sp³-hybridized carbons (Fsp3) is 0.316. The summed E-state index contributed by atoms with van der Waals surface area (Å²) >= 11 is 0. The first-order chi connectivity index (χ1) is 13.2. The van der Waals surface area contributed by atoms with Crippen molar-refractivity contribution in [2.24, 2.45) is 0 Å². The van der Waals surface area contributed by atoms with Crippen molar-refractivity contribution in [2.45, 2.75) is 25.5 Å². The molecule has 2 atom stereocenters. The van der Waals surface area contributed by atoms with Crippen molar-refractivity contribution < 1.29 is 23.9 Å². The third-order valence-corrected chi connectivity index (χ3v) is 3.86. The summed E-state index contributed by atoms with van der Waals surface area (Å²) < 4.78 is 26.1. The molecule has 25 heavy (non-hydrogen) atoms. The van der Waals surface area contributed by atoms with Gasteiger partial charge < -0.3 is 25.6 Å². The number of hydrogen-bond acceptors (Lipinski definition) is 5. The largest absolute Gasteiger partial charge is 0.506 e. The summed E-state index contributed by atoms with van der Waals surface area (Å²) in [7, 11) is -2.47. The first kappa shape index (κ1) is 14.7. The molecule has 0 fully saturated rings. The summed E-state index contributed by atoms with van der Waals surface area (Å²) in [5.74, 6) is 0.210. The van der Waals surface area contributed by atoms with Gasteiger partial charge in [0.1, 0.15) is 11.5 Å². The van der Waals surface area contributed by atoms with Crippen LogP contribution in [0.5, 0.6) is 11.5 Å². The lowest BCUT2D eigenvalue weighted by atomic mass is 10.1. The Morgan fingerprint density at radius 2 is 2.04 bits per heavy atom. The highest BCUT2D eigenvalue weighted by atomic mass is 16.5. The lowest BCUT2D eigenvalue weighted by molar-refractivity contribution is -0.105. The summed E-state index contributed by atoms with van der Waals surface area (Å²) in [5.41, 5.74) is 1.79. The molecule has 0 aliphatic carbocycles. The van der Waals surface area contributed by atoms with Crippen LogP contribution < -0.4 is 15.4 Å². The molecule has 6 heteroatoms. The number of nitrogens with one attached hydrogen (secondary N) is 2. The van der Waals surface area contributed by atoms with Crippen LogP contribution in [-0.2, 0) is 11.2 Å². The van der Waals surface area contributed by atoms with Gasteiger partial charge in [0.15, 0.2) is 0 Å². The molecular weight excluding hydrogens is 320 g/mol. The van der Waals surface area contributed by atoms with Crippen molar-refractivity contribution in [2.75, 3.05) is 18.9 Å². The SMILES string of the molecule is [2H]C([2H])([2H])Oc1ccc(C[C@@H](C)NC[C@H](O)c2ccc(O)c(NC=O)c2)cc1. The number of aliphatic hydroxyl groups excluding tert-OH is 1. The molecule has 2 rings (SSSR count). The Balaban J connectivity index is 1.87. The summed E-state index contributed by atoms with van der Waals surface area (Å²) in [5, 5.41) is 25.6. The molecule has 0 spiro atoms. The molecular formula is C19H24N2O4. The number of methoxy groups -OCH3 is 1. The van der Waals surface area contributed by atoms with Gasteiger partial charge in [-0.15, -0.1) is 0 Å². The number of anilines is 1. The zero-order valence-corrected chi connectivity index (χ0v) is 13.9. The van der Waals surface area contributed by atoms with Crippen LogP contribution in [0.15, 0.2) is 42.5 Å². The van der Waals surface area contributed by atoms with Crippen LogP contribution in [-0.4, -0.2) is 36.2 Å². The average molecular weight is 347 g/mol. The first-order valence-corrected chi connectivity index (χ1v) is 7.90. The third kappa shape index (κ3) is 5.48. The number of phenols is 1. The summed E-state index contributed by atoms with van der Waals surface area (Å²) in [6.07, 6.45) is 0.319. The molecule has 6 nitrogen and oxygen atoms in total. The zero-order chi connectivity index (χ0) is 20.7. The van der Waals surface area contributed by atoms with Gasteiger partial charge in [-0.2, -0.15) is 0 Å². The van der Waals surface area contributed by atoms with Crippen LogP contribution in [0.2, 0.25) is 0 Å². The molecule has 4 N–H and O–H groups in total. The van der Waals surface area contributed by atoms with E-state index in [0.717, 1.165) is 5.56 Å². The first-order valence-electron chi connectivity index (χ1n) is 9.40. The van der Waals surface area contributed by atoms with Crippen LogP contribution in [0.1, 0.15) is 28.3 Å². The molecule has 0 saturated carbocycles. The van der Waals surface area contributed by atoms with Gasteiger partial charge in [-0.25, -0.2) is 0 Å². The minimum atomic E-state index is -2.47. The molecule has 0 bridgehead atoms. The summed E-state index contributed by atoms with van der Waals surface area (Å²) in [4.78, 5) is 10.6. The Morgan fingerprint density at radius 3 is 2.72 bits per heavy atom. The Bertz CT molecular complexity index is 782. The molecule has 1 amide bonds. The topological polar surface area (TPSA) is 90.8 Å². The van der Waals surface area contributed by atoms with Crippen molar-refractivity contribution in [3.8, 4) is 11.5 Å². The Labute approximate surface area is 151 Å². The normalized spacial score (nSPS) is 15.4. The summed E-state index contributed by atoms with van der Waals surface area (Å²) in [6.45, 7) is 2.25. The Morgan fingerprint density at radius 1 is 1.28 bits per heavy atom. The lowest BCUT2D eigenvalue weighted by Gasteiger charge is -2.18. The number of rotatable bonds is 9. The maximum Gasteiger partial charge on any atom is 0.211 e. The smallest absolute Gasteiger partial charge is 0.211 e. The van der Waals surface area contributed by atoms with E-state index in [1.807, 2.05) is 6.92 Å². The van der Waals surface area contributed by atoms with Gasteiger partial charge >= 0.3 is 0 Å². The van der Waals surface area contributed by atoms with Crippen molar-refractivity contribution in [1.82, 2.24) is 5.32 Å². The van der Waals surface area contributed by atoms with E-state index in [1.54, 1.807) is 30.3 Å². The van der Waals surface area contributed by atoms with Gasteiger partial charge in [0.05, 0.1) is 22.9 Å². The van der Waals surface area contributed by atoms with Crippen molar-refractivity contribution in [3.05, 3.63) is 53.6 Å². The second kappa shape index (κ2) is 9.05. The number of phenolic OH excluding ortho intramolecular Hbond substituents is 1. The van der Waals surface area contributed by atoms with Gasteiger partial charge in [0.25, 0.3) is 0 Å². The number of hydrogen-bond donors (Lipinski definition) is 4. The second-order valence-electron chi connectivity index (χ2n) is 5.81. The molecule has 2 aromatic rings. The van der Waals surface area contributed by atoms with Crippen molar-refractivity contribution in [1.29, 1.82) is 0 Å². The highest BCUT2D eigenvalue weighted by Crippen LogP contribution is 2.26. The highest BCUT2D eigenvalue weighted by molar-refractivity contribution is 5.75. The highest BCUT2D eigenvalue weighted by Gasteiger charge is 2.12. The van der Waals surface area contributed by atoms with E-state index in [1.165, 1.54) is 12.1 Å². The molecule has 2 aromatic carbocycles. The number of carbonyl (C=O) groups is 1. The third-order valence-electron chi connectivity index (χ3n) is 3.86. The number of carbonyl (C=O) groups excluding carboxylic acids is 1. The van der Waals surface area contributed by atoms with Gasteiger partial charge in [-0.05, 0) is 48.7 Å². The Kier molecular flexibility index (Phi) is 5.34. The lowest BCUT2D eigenvalue weighted by Crippen LogP contribution is -2.32. The average Bonchev–Trinajstić information content (AvgIpc) is 2.62. The van der Waals surface area contributed by atoms with E-state index in [4.69, 9.17) is 8.85 Å². The number of aromatic hydroxyl groups is 1. The van der Waals surface area contributed by atoms with Crippen molar-refractivity contribution in [3.63, 3.8) is 0 Å². The van der Waals surface area contributed by atoms with E-state index in [-0.39, 0.29) is 29.8 Å². The molecule has 0 aromatic heterocycles. The van der Waals surface area contributed by atoms with E-state index >= 15 is 0 Å². The second-order valence-corrected chi connectivity index (χ2v) is 5.81. The van der Waals surface area contributed by atoms with Crippen molar-refractivity contribution >= 4 is 12.1 Å². The molecule has 0 unspecified atom stereocenters. The number of ether oxygens (including phenoxy) is 1. The number of benzene rings is 2. The quantitative estimate of drug-likeness (QED) is 0.412. The van der Waals surface area contributed by atoms with E-state index in [2.05, 4.69) is 10.6 Å². The van der Waals surface area contributed by atoms with E-state index in [0.29, 0.717) is 18.4 Å².